The zero-order valence-electron chi connectivity index (χ0n) is 16.4. The van der Waals surface area contributed by atoms with Crippen LogP contribution in [0.4, 0.5) is 10.1 Å². The summed E-state index contributed by atoms with van der Waals surface area (Å²) in [7, 11) is 1.31. The van der Waals surface area contributed by atoms with Crippen molar-refractivity contribution in [2.75, 3.05) is 12.4 Å². The predicted octanol–water partition coefficient (Wildman–Crippen LogP) is 6.66. The van der Waals surface area contributed by atoms with Crippen LogP contribution in [0.2, 0.25) is 10.0 Å². The molecule has 2 aromatic heterocycles. The van der Waals surface area contributed by atoms with Crippen LogP contribution in [0.3, 0.4) is 0 Å². The molecule has 1 atom stereocenters. The van der Waals surface area contributed by atoms with E-state index in [1.165, 1.54) is 19.4 Å². The number of aromatic nitrogens is 2. The predicted molar refractivity (Wildman–Crippen MR) is 120 cm³/mol. The second kappa shape index (κ2) is 9.37. The van der Waals surface area contributed by atoms with Gasteiger partial charge in [-0.15, -0.1) is 0 Å². The van der Waals surface area contributed by atoms with Crippen molar-refractivity contribution in [1.82, 2.24) is 9.55 Å². The van der Waals surface area contributed by atoms with Crippen molar-refractivity contribution in [2.45, 2.75) is 25.9 Å². The summed E-state index contributed by atoms with van der Waals surface area (Å²) in [5.74, 6) is -1.11. The van der Waals surface area contributed by atoms with Gasteiger partial charge in [0, 0.05) is 12.2 Å². The van der Waals surface area contributed by atoms with Crippen LogP contribution in [-0.4, -0.2) is 22.6 Å². The SMILES string of the molecule is COC(=O)c1cc(Br)n(C(C)C)c1C(Nc1cccc(Cl)c1F)c1ccc(Cl)cn1. The molecule has 0 aliphatic carbocycles. The molecule has 5 nitrogen and oxygen atoms in total. The molecule has 0 bridgehead atoms. The first-order valence-corrected chi connectivity index (χ1v) is 10.6. The van der Waals surface area contributed by atoms with Gasteiger partial charge in [0.25, 0.3) is 0 Å². The van der Waals surface area contributed by atoms with Gasteiger partial charge in [0.2, 0.25) is 0 Å². The third-order valence-corrected chi connectivity index (χ3v) is 5.65. The van der Waals surface area contributed by atoms with E-state index in [0.717, 1.165) is 0 Å². The minimum Gasteiger partial charge on any atom is -0.465 e. The van der Waals surface area contributed by atoms with Gasteiger partial charge in [-0.25, -0.2) is 9.18 Å². The minimum atomic E-state index is -0.696. The normalized spacial score (nSPS) is 12.1. The first-order chi connectivity index (χ1) is 14.2. The number of ether oxygens (including phenoxy) is 1. The summed E-state index contributed by atoms with van der Waals surface area (Å²) >= 11 is 15.5. The van der Waals surface area contributed by atoms with Gasteiger partial charge in [-0.2, -0.15) is 0 Å². The number of nitrogens with zero attached hydrogens (tertiary/aromatic N) is 2. The van der Waals surface area contributed by atoms with Gasteiger partial charge in [-0.05, 0) is 60.1 Å². The molecule has 0 spiro atoms. The molecule has 0 aliphatic heterocycles. The van der Waals surface area contributed by atoms with Crippen molar-refractivity contribution in [2.24, 2.45) is 0 Å². The Kier molecular flexibility index (Phi) is 7.06. The van der Waals surface area contributed by atoms with Crippen LogP contribution in [0.1, 0.15) is 47.7 Å². The molecule has 2 heterocycles. The Balaban J connectivity index is 2.26. The molecule has 158 valence electrons. The molecule has 0 amide bonds. The van der Waals surface area contributed by atoms with E-state index in [-0.39, 0.29) is 16.8 Å². The number of methoxy groups -OCH3 is 1. The monoisotopic (exact) mass is 513 g/mol. The van der Waals surface area contributed by atoms with Gasteiger partial charge in [0.05, 0.1) is 44.4 Å². The zero-order chi connectivity index (χ0) is 22.0. The van der Waals surface area contributed by atoms with E-state index < -0.39 is 17.8 Å². The quantitative estimate of drug-likeness (QED) is 0.373. The Morgan fingerprint density at radius 2 is 2.00 bits per heavy atom. The molecule has 3 rings (SSSR count). The van der Waals surface area contributed by atoms with Crippen molar-refractivity contribution >= 4 is 50.8 Å². The molecule has 0 saturated carbocycles. The van der Waals surface area contributed by atoms with Crippen LogP contribution in [0, 0.1) is 5.82 Å². The summed E-state index contributed by atoms with van der Waals surface area (Å²) in [6, 6.07) is 9.03. The number of carbonyl (C=O) groups is 1. The maximum absolute atomic E-state index is 14.7. The van der Waals surface area contributed by atoms with Crippen molar-refractivity contribution in [3.63, 3.8) is 0 Å². The molecule has 1 N–H and O–H groups in total. The lowest BCUT2D eigenvalue weighted by Gasteiger charge is -2.25. The van der Waals surface area contributed by atoms with Gasteiger partial charge in [0.15, 0.2) is 5.82 Å². The number of pyridine rings is 1. The number of hydrogen-bond acceptors (Lipinski definition) is 4. The number of anilines is 1. The fourth-order valence-corrected chi connectivity index (χ4v) is 4.33. The van der Waals surface area contributed by atoms with E-state index >= 15 is 0 Å². The van der Waals surface area contributed by atoms with E-state index in [0.29, 0.717) is 26.6 Å². The summed E-state index contributed by atoms with van der Waals surface area (Å²) in [6.45, 7) is 3.95. The Labute approximate surface area is 192 Å². The van der Waals surface area contributed by atoms with Gasteiger partial charge in [-0.1, -0.05) is 29.3 Å². The fraction of sp³-hybridized carbons (Fsp3) is 0.238. The van der Waals surface area contributed by atoms with Gasteiger partial charge in [-0.3, -0.25) is 4.98 Å². The van der Waals surface area contributed by atoms with Crippen LogP contribution in [0.25, 0.3) is 0 Å². The van der Waals surface area contributed by atoms with Crippen molar-refractivity contribution in [1.29, 1.82) is 0 Å². The average Bonchev–Trinajstić information content (AvgIpc) is 3.06. The van der Waals surface area contributed by atoms with Crippen molar-refractivity contribution < 1.29 is 13.9 Å². The molecule has 30 heavy (non-hydrogen) atoms. The van der Waals surface area contributed by atoms with Gasteiger partial charge >= 0.3 is 5.97 Å². The molecule has 0 saturated heterocycles. The summed E-state index contributed by atoms with van der Waals surface area (Å²) in [5, 5.41) is 3.59. The Bertz CT molecular complexity index is 1070. The van der Waals surface area contributed by atoms with Crippen LogP contribution in [-0.2, 0) is 4.74 Å². The molecule has 9 heteroatoms. The van der Waals surface area contributed by atoms with E-state index in [4.69, 9.17) is 27.9 Å². The number of esters is 1. The third-order valence-electron chi connectivity index (χ3n) is 4.52. The third kappa shape index (κ3) is 4.48. The standard InChI is InChI=1S/C21H19BrCl2FN3O2/c1-11(2)28-17(22)9-13(21(29)30-3)20(28)19(16-8-7-12(23)10-26-16)27-15-6-4-5-14(24)18(15)25/h4-11,19,27H,1-3H3. The first-order valence-electron chi connectivity index (χ1n) is 9.05. The molecule has 1 aromatic carbocycles. The van der Waals surface area contributed by atoms with Crippen LogP contribution >= 0.6 is 39.1 Å². The molecule has 3 aromatic rings. The highest BCUT2D eigenvalue weighted by atomic mass is 79.9. The smallest absolute Gasteiger partial charge is 0.339 e. The fourth-order valence-electron chi connectivity index (χ4n) is 3.21. The summed E-state index contributed by atoms with van der Waals surface area (Å²) in [6.07, 6.45) is 1.50. The molecule has 0 fully saturated rings. The lowest BCUT2D eigenvalue weighted by atomic mass is 10.0. The molecule has 1 unspecified atom stereocenters. The number of benzene rings is 1. The molecular weight excluding hydrogens is 496 g/mol. The van der Waals surface area contributed by atoms with Crippen molar-refractivity contribution in [3.8, 4) is 0 Å². The van der Waals surface area contributed by atoms with E-state index in [1.807, 2.05) is 18.4 Å². The number of halogens is 4. The minimum absolute atomic E-state index is 0.0172. The number of nitrogens with one attached hydrogen (secondary N) is 1. The topological polar surface area (TPSA) is 56.1 Å². The van der Waals surface area contributed by atoms with Gasteiger partial charge in [0.1, 0.15) is 6.04 Å². The van der Waals surface area contributed by atoms with E-state index in [9.17, 15) is 9.18 Å². The second-order valence-corrected chi connectivity index (χ2v) is 8.46. The second-order valence-electron chi connectivity index (χ2n) is 6.80. The highest BCUT2D eigenvalue weighted by Crippen LogP contribution is 2.36. The highest BCUT2D eigenvalue weighted by Gasteiger charge is 2.30. The summed E-state index contributed by atoms with van der Waals surface area (Å²) in [4.78, 5) is 17.0. The van der Waals surface area contributed by atoms with E-state index in [2.05, 4.69) is 26.2 Å². The largest absolute Gasteiger partial charge is 0.465 e. The Hall–Kier alpha value is -2.09. The number of hydrogen-bond donors (Lipinski definition) is 1. The first kappa shape index (κ1) is 22.6. The average molecular weight is 515 g/mol. The maximum Gasteiger partial charge on any atom is 0.339 e. The van der Waals surface area contributed by atoms with Crippen LogP contribution in [0.15, 0.2) is 47.2 Å². The maximum atomic E-state index is 14.7. The Morgan fingerprint density at radius 3 is 2.60 bits per heavy atom. The summed E-state index contributed by atoms with van der Waals surface area (Å²) in [5.41, 5.74) is 1.61. The lowest BCUT2D eigenvalue weighted by molar-refractivity contribution is 0.0599. The molecule has 0 radical (unpaired) electrons. The Morgan fingerprint density at radius 1 is 1.27 bits per heavy atom. The number of rotatable bonds is 6. The van der Waals surface area contributed by atoms with E-state index in [1.54, 1.807) is 30.3 Å². The van der Waals surface area contributed by atoms with Crippen LogP contribution in [0.5, 0.6) is 0 Å². The highest BCUT2D eigenvalue weighted by molar-refractivity contribution is 9.10. The summed E-state index contributed by atoms with van der Waals surface area (Å²) < 4.78 is 22.3. The van der Waals surface area contributed by atoms with Crippen molar-refractivity contribution in [3.05, 3.63) is 80.0 Å². The zero-order valence-corrected chi connectivity index (χ0v) is 19.5. The van der Waals surface area contributed by atoms with Crippen LogP contribution < -0.4 is 5.32 Å². The van der Waals surface area contributed by atoms with Gasteiger partial charge < -0.3 is 14.6 Å². The number of carbonyl (C=O) groups excluding carboxylic acids is 1. The molecule has 0 aliphatic rings. The molecular formula is C21H19BrCl2FN3O2. The lowest BCUT2D eigenvalue weighted by Crippen LogP contribution is -2.22.